The van der Waals surface area contributed by atoms with Crippen molar-refractivity contribution in [3.8, 4) is 0 Å². The zero-order chi connectivity index (χ0) is 20.9. The smallest absolute Gasteiger partial charge is 0.240 e. The molecule has 0 radical (unpaired) electrons. The van der Waals surface area contributed by atoms with Crippen LogP contribution in [-0.2, 0) is 23.0 Å². The Balaban J connectivity index is 1.58. The van der Waals surface area contributed by atoms with Crippen LogP contribution in [0.25, 0.3) is 0 Å². The van der Waals surface area contributed by atoms with Crippen LogP contribution < -0.4 is 4.72 Å². The number of hydrogen-bond donors (Lipinski definition) is 1. The van der Waals surface area contributed by atoms with Gasteiger partial charge >= 0.3 is 0 Å². The number of rotatable bonds is 8. The Kier molecular flexibility index (Phi) is 6.68. The van der Waals surface area contributed by atoms with Crippen molar-refractivity contribution in [1.29, 1.82) is 0 Å². The lowest BCUT2D eigenvalue weighted by Gasteiger charge is -2.08. The van der Waals surface area contributed by atoms with E-state index in [9.17, 15) is 17.6 Å². The van der Waals surface area contributed by atoms with Gasteiger partial charge in [-0.3, -0.25) is 14.8 Å². The molecule has 0 aliphatic heterocycles. The highest BCUT2D eigenvalue weighted by Crippen LogP contribution is 2.19. The maximum atomic E-state index is 13.2. The normalized spacial score (nSPS) is 11.4. The Hall–Kier alpha value is -2.68. The van der Waals surface area contributed by atoms with Crippen molar-refractivity contribution in [1.82, 2.24) is 14.7 Å². The number of halogens is 2. The van der Waals surface area contributed by atoms with Crippen LogP contribution in [0, 0.1) is 5.82 Å². The van der Waals surface area contributed by atoms with E-state index in [-0.39, 0.29) is 22.2 Å². The topological polar surface area (TPSA) is 89.0 Å². The fourth-order valence-corrected chi connectivity index (χ4v) is 3.81. The highest BCUT2D eigenvalue weighted by atomic mass is 35.5. The Labute approximate surface area is 172 Å². The second kappa shape index (κ2) is 9.21. The standard InChI is InChI=1S/C20H17ClFN3O3S/c21-18-11-17(4-5-19(18)22)29(27,28)25-13-16-3-2-15(12-24-16)20(26)6-1-14-7-9-23-10-8-14/h2-5,7-12,25H,1,6,13H2. The number of sulfonamides is 1. The number of carbonyl (C=O) groups is 1. The molecule has 0 atom stereocenters. The second-order valence-electron chi connectivity index (χ2n) is 6.22. The number of carbonyl (C=O) groups excluding carboxylic acids is 1. The van der Waals surface area contributed by atoms with Crippen LogP contribution in [0.2, 0.25) is 5.02 Å². The number of aromatic nitrogens is 2. The highest BCUT2D eigenvalue weighted by molar-refractivity contribution is 7.89. The van der Waals surface area contributed by atoms with Gasteiger partial charge in [-0.1, -0.05) is 11.6 Å². The van der Waals surface area contributed by atoms with E-state index >= 15 is 0 Å². The molecule has 0 spiro atoms. The van der Waals surface area contributed by atoms with Crippen LogP contribution in [0.4, 0.5) is 4.39 Å². The van der Waals surface area contributed by atoms with Crippen LogP contribution in [0.5, 0.6) is 0 Å². The highest BCUT2D eigenvalue weighted by Gasteiger charge is 2.16. The van der Waals surface area contributed by atoms with Gasteiger partial charge in [0.1, 0.15) is 5.82 Å². The lowest BCUT2D eigenvalue weighted by molar-refractivity contribution is 0.0982. The number of benzene rings is 1. The summed E-state index contributed by atoms with van der Waals surface area (Å²) in [5, 5.41) is -0.277. The van der Waals surface area contributed by atoms with E-state index in [0.717, 1.165) is 23.8 Å². The number of pyridine rings is 2. The lowest BCUT2D eigenvalue weighted by atomic mass is 10.0. The Morgan fingerprint density at radius 3 is 2.52 bits per heavy atom. The molecule has 6 nitrogen and oxygen atoms in total. The third kappa shape index (κ3) is 5.66. The summed E-state index contributed by atoms with van der Waals surface area (Å²) in [5.41, 5.74) is 1.91. The number of ketones is 1. The minimum Gasteiger partial charge on any atom is -0.294 e. The van der Waals surface area contributed by atoms with Gasteiger partial charge in [0.25, 0.3) is 0 Å². The summed E-state index contributed by atoms with van der Waals surface area (Å²) in [4.78, 5) is 20.2. The van der Waals surface area contributed by atoms with Crippen molar-refractivity contribution < 1.29 is 17.6 Å². The van der Waals surface area contributed by atoms with Gasteiger partial charge in [0.15, 0.2) is 5.78 Å². The van der Waals surface area contributed by atoms with Crippen molar-refractivity contribution in [2.75, 3.05) is 0 Å². The first-order valence-electron chi connectivity index (χ1n) is 8.67. The van der Waals surface area contributed by atoms with Crippen LogP contribution in [-0.4, -0.2) is 24.2 Å². The molecule has 0 fully saturated rings. The number of hydrogen-bond acceptors (Lipinski definition) is 5. The monoisotopic (exact) mass is 433 g/mol. The van der Waals surface area contributed by atoms with Gasteiger partial charge in [-0.15, -0.1) is 0 Å². The Morgan fingerprint density at radius 1 is 1.10 bits per heavy atom. The van der Waals surface area contributed by atoms with Crippen LogP contribution in [0.15, 0.2) is 66.0 Å². The molecule has 150 valence electrons. The molecule has 2 heterocycles. The molecule has 3 rings (SSSR count). The number of nitrogens with zero attached hydrogens (tertiary/aromatic N) is 2. The van der Waals surface area contributed by atoms with Gasteiger partial charge < -0.3 is 0 Å². The molecule has 0 amide bonds. The van der Waals surface area contributed by atoms with E-state index in [1.807, 2.05) is 12.1 Å². The summed E-state index contributed by atoms with van der Waals surface area (Å²) >= 11 is 5.63. The molecule has 9 heteroatoms. The van der Waals surface area contributed by atoms with Gasteiger partial charge in [-0.05, 0) is 54.4 Å². The molecule has 0 bridgehead atoms. The third-order valence-corrected chi connectivity index (χ3v) is 5.87. The molecular weight excluding hydrogens is 417 g/mol. The molecular formula is C20H17ClFN3O3S. The minimum atomic E-state index is -3.88. The average Bonchev–Trinajstić information content (AvgIpc) is 2.73. The molecule has 0 aliphatic rings. The molecule has 3 aromatic rings. The van der Waals surface area contributed by atoms with Gasteiger partial charge in [0, 0.05) is 30.6 Å². The van der Waals surface area contributed by atoms with Gasteiger partial charge in [0.05, 0.1) is 22.2 Å². The SMILES string of the molecule is O=C(CCc1ccncc1)c1ccc(CNS(=O)(=O)c2ccc(F)c(Cl)c2)nc1. The lowest BCUT2D eigenvalue weighted by Crippen LogP contribution is -2.23. The van der Waals surface area contributed by atoms with E-state index < -0.39 is 15.8 Å². The Morgan fingerprint density at radius 2 is 1.86 bits per heavy atom. The average molecular weight is 434 g/mol. The van der Waals surface area contributed by atoms with Crippen LogP contribution in [0.1, 0.15) is 28.0 Å². The Bertz CT molecular complexity index is 1110. The molecule has 29 heavy (non-hydrogen) atoms. The zero-order valence-corrected chi connectivity index (χ0v) is 16.8. The third-order valence-electron chi connectivity index (χ3n) is 4.18. The first kappa shape index (κ1) is 21.0. The summed E-state index contributed by atoms with van der Waals surface area (Å²) in [6, 6.07) is 10.1. The van der Waals surface area contributed by atoms with Crippen molar-refractivity contribution >= 4 is 27.4 Å². The van der Waals surface area contributed by atoms with Crippen molar-refractivity contribution in [2.24, 2.45) is 0 Å². The van der Waals surface area contributed by atoms with Crippen molar-refractivity contribution in [2.45, 2.75) is 24.3 Å². The maximum absolute atomic E-state index is 13.2. The van der Waals surface area contributed by atoms with Gasteiger partial charge in [0.2, 0.25) is 10.0 Å². The minimum absolute atomic E-state index is 0.0533. The molecule has 0 saturated heterocycles. The maximum Gasteiger partial charge on any atom is 0.240 e. The van der Waals surface area contributed by atoms with E-state index in [2.05, 4.69) is 14.7 Å². The number of aryl methyl sites for hydroxylation is 1. The van der Waals surface area contributed by atoms with E-state index in [4.69, 9.17) is 11.6 Å². The summed E-state index contributed by atoms with van der Waals surface area (Å²) in [6.45, 7) is -0.0805. The summed E-state index contributed by atoms with van der Waals surface area (Å²) in [7, 11) is -3.88. The van der Waals surface area contributed by atoms with E-state index in [1.54, 1.807) is 24.5 Å². The van der Waals surface area contributed by atoms with Gasteiger partial charge in [-0.25, -0.2) is 17.5 Å². The van der Waals surface area contributed by atoms with E-state index in [1.165, 1.54) is 6.20 Å². The first-order chi connectivity index (χ1) is 13.8. The molecule has 2 aromatic heterocycles. The summed E-state index contributed by atoms with van der Waals surface area (Å²) in [6.07, 6.45) is 5.72. The largest absolute Gasteiger partial charge is 0.294 e. The van der Waals surface area contributed by atoms with Crippen LogP contribution >= 0.6 is 11.6 Å². The molecule has 0 unspecified atom stereocenters. The molecule has 1 N–H and O–H groups in total. The quantitative estimate of drug-likeness (QED) is 0.548. The molecule has 0 aliphatic carbocycles. The second-order valence-corrected chi connectivity index (χ2v) is 8.39. The predicted molar refractivity (Wildman–Crippen MR) is 107 cm³/mol. The molecule has 0 saturated carbocycles. The summed E-state index contributed by atoms with van der Waals surface area (Å²) in [5.74, 6) is -0.751. The first-order valence-corrected chi connectivity index (χ1v) is 10.5. The van der Waals surface area contributed by atoms with Crippen molar-refractivity contribution in [3.05, 3.63) is 88.7 Å². The fraction of sp³-hybridized carbons (Fsp3) is 0.150. The zero-order valence-electron chi connectivity index (χ0n) is 15.2. The fourth-order valence-electron chi connectivity index (χ4n) is 2.54. The van der Waals surface area contributed by atoms with E-state index in [0.29, 0.717) is 24.1 Å². The van der Waals surface area contributed by atoms with Crippen molar-refractivity contribution in [3.63, 3.8) is 0 Å². The molecule has 1 aromatic carbocycles. The number of nitrogens with one attached hydrogen (secondary N) is 1. The van der Waals surface area contributed by atoms with Gasteiger partial charge in [-0.2, -0.15) is 0 Å². The predicted octanol–water partition coefficient (Wildman–Crippen LogP) is 3.56. The van der Waals surface area contributed by atoms with Crippen LogP contribution in [0.3, 0.4) is 0 Å². The number of Topliss-reactive ketones (excluding diaryl/α,β-unsaturated/α-hetero) is 1. The summed E-state index contributed by atoms with van der Waals surface area (Å²) < 4.78 is 40.1.